The van der Waals surface area contributed by atoms with Gasteiger partial charge in [-0.25, -0.2) is 0 Å². The Morgan fingerprint density at radius 3 is 1.47 bits per heavy atom. The quantitative estimate of drug-likeness (QED) is 0.0491. The van der Waals surface area contributed by atoms with E-state index in [9.17, 15) is 14.7 Å². The van der Waals surface area contributed by atoms with Crippen LogP contribution in [0.4, 0.5) is 0 Å². The summed E-state index contributed by atoms with van der Waals surface area (Å²) in [6, 6.07) is 0. The highest BCUT2D eigenvalue weighted by atomic mass is 16.5. The first-order valence-corrected chi connectivity index (χ1v) is 24.2. The summed E-state index contributed by atoms with van der Waals surface area (Å²) in [4.78, 5) is 28.4. The van der Waals surface area contributed by atoms with Crippen molar-refractivity contribution in [3.05, 3.63) is 0 Å². The zero-order valence-electron chi connectivity index (χ0n) is 38.3. The average molecular weight is 780 g/mol. The zero-order chi connectivity index (χ0) is 40.9. The predicted molar refractivity (Wildman–Crippen MR) is 237 cm³/mol. The predicted octanol–water partition coefficient (Wildman–Crippen LogP) is 14.3. The number of aliphatic hydroxyl groups is 1. The van der Waals surface area contributed by atoms with E-state index in [0.717, 1.165) is 103 Å². The minimum absolute atomic E-state index is 0.00411. The van der Waals surface area contributed by atoms with Crippen molar-refractivity contribution in [3.8, 4) is 0 Å². The van der Waals surface area contributed by atoms with Crippen molar-refractivity contribution in [1.82, 2.24) is 4.90 Å². The smallest absolute Gasteiger partial charge is 0.311 e. The second-order valence-electron chi connectivity index (χ2n) is 18.6. The highest BCUT2D eigenvalue weighted by Gasteiger charge is 2.28. The molecule has 6 heteroatoms. The fourth-order valence-corrected chi connectivity index (χ4v) is 7.80. The molecule has 0 atom stereocenters. The molecule has 6 nitrogen and oxygen atoms in total. The lowest BCUT2D eigenvalue weighted by Gasteiger charge is -2.26. The first-order chi connectivity index (χ1) is 26.5. The van der Waals surface area contributed by atoms with Gasteiger partial charge >= 0.3 is 11.9 Å². The standard InChI is InChI=1S/C49H97NO5/c1-8-11-14-17-20-25-33-43-54-47(53)49(6,7)38-30-23-24-31-39-50(41-34-42-51)40-32-26-29-37-48(4,5)44-46(52)55-45(35-27-21-18-15-12-9-2)36-28-22-19-16-13-10-3/h45,51H,8-44H2,1-7H3. The number of ether oxygens (including phenoxy) is 2. The van der Waals surface area contributed by atoms with Crippen molar-refractivity contribution in [2.45, 2.75) is 260 Å². The summed E-state index contributed by atoms with van der Waals surface area (Å²) in [6.07, 6.45) is 37.3. The SMILES string of the molecule is CCCCCCCCCOC(=O)C(C)(C)CCCCCCN(CCCO)CCCCCC(C)(C)CC(=O)OC(CCCCCCCC)CCCCCCCC. The third-order valence-corrected chi connectivity index (χ3v) is 11.7. The monoisotopic (exact) mass is 780 g/mol. The van der Waals surface area contributed by atoms with E-state index in [1.807, 2.05) is 13.8 Å². The molecule has 1 N–H and O–H groups in total. The van der Waals surface area contributed by atoms with Gasteiger partial charge in [-0.05, 0) is 96.6 Å². The molecule has 0 radical (unpaired) electrons. The first kappa shape index (κ1) is 53.9. The first-order valence-electron chi connectivity index (χ1n) is 24.2. The Labute approximate surface area is 343 Å². The molecule has 0 aromatic carbocycles. The molecule has 0 saturated carbocycles. The molecular weight excluding hydrogens is 683 g/mol. The van der Waals surface area contributed by atoms with E-state index in [2.05, 4.69) is 39.5 Å². The van der Waals surface area contributed by atoms with E-state index in [1.165, 1.54) is 116 Å². The maximum absolute atomic E-state index is 13.2. The molecule has 0 amide bonds. The van der Waals surface area contributed by atoms with Gasteiger partial charge in [-0.3, -0.25) is 9.59 Å². The van der Waals surface area contributed by atoms with E-state index in [-0.39, 0.29) is 30.1 Å². The van der Waals surface area contributed by atoms with Crippen molar-refractivity contribution >= 4 is 11.9 Å². The van der Waals surface area contributed by atoms with Gasteiger partial charge in [-0.1, -0.05) is 169 Å². The number of esters is 2. The van der Waals surface area contributed by atoms with Crippen LogP contribution in [0.15, 0.2) is 0 Å². The van der Waals surface area contributed by atoms with Gasteiger partial charge in [0.15, 0.2) is 0 Å². The van der Waals surface area contributed by atoms with Crippen LogP contribution in [0.5, 0.6) is 0 Å². The van der Waals surface area contributed by atoms with E-state index < -0.39 is 5.41 Å². The van der Waals surface area contributed by atoms with Gasteiger partial charge in [0, 0.05) is 13.2 Å². The topological polar surface area (TPSA) is 76.1 Å². The summed E-state index contributed by atoms with van der Waals surface area (Å²) in [5.41, 5.74) is -0.455. The fraction of sp³-hybridized carbons (Fsp3) is 0.959. The van der Waals surface area contributed by atoms with Crippen LogP contribution in [-0.2, 0) is 19.1 Å². The number of carbonyl (C=O) groups is 2. The third-order valence-electron chi connectivity index (χ3n) is 11.7. The van der Waals surface area contributed by atoms with Gasteiger partial charge in [0.25, 0.3) is 0 Å². The second-order valence-corrected chi connectivity index (χ2v) is 18.6. The lowest BCUT2D eigenvalue weighted by atomic mass is 9.83. The molecule has 0 spiro atoms. The van der Waals surface area contributed by atoms with Crippen molar-refractivity contribution in [2.75, 3.05) is 32.8 Å². The minimum atomic E-state index is -0.411. The number of nitrogens with zero attached hydrogens (tertiary/aromatic N) is 1. The number of aliphatic hydroxyl groups excluding tert-OH is 1. The zero-order valence-corrected chi connectivity index (χ0v) is 38.3. The molecular formula is C49H97NO5. The highest BCUT2D eigenvalue weighted by Crippen LogP contribution is 2.30. The molecule has 0 unspecified atom stereocenters. The normalized spacial score (nSPS) is 12.3. The lowest BCUT2D eigenvalue weighted by Crippen LogP contribution is -2.28. The Balaban J connectivity index is 4.42. The van der Waals surface area contributed by atoms with Crippen LogP contribution in [0.3, 0.4) is 0 Å². The molecule has 0 rings (SSSR count). The van der Waals surface area contributed by atoms with Crippen LogP contribution in [0.25, 0.3) is 0 Å². The van der Waals surface area contributed by atoms with Crippen molar-refractivity contribution < 1.29 is 24.2 Å². The van der Waals surface area contributed by atoms with E-state index in [1.54, 1.807) is 0 Å². The molecule has 0 aliphatic rings. The summed E-state index contributed by atoms with van der Waals surface area (Å²) < 4.78 is 11.8. The molecule has 55 heavy (non-hydrogen) atoms. The molecule has 0 bridgehead atoms. The summed E-state index contributed by atoms with van der Waals surface area (Å²) in [6.45, 7) is 19.2. The number of unbranched alkanes of at least 4 members (excludes halogenated alkanes) is 21. The Morgan fingerprint density at radius 1 is 0.527 bits per heavy atom. The maximum Gasteiger partial charge on any atom is 0.311 e. The van der Waals surface area contributed by atoms with Crippen LogP contribution in [-0.4, -0.2) is 60.9 Å². The maximum atomic E-state index is 13.2. The fourth-order valence-electron chi connectivity index (χ4n) is 7.80. The van der Waals surface area contributed by atoms with Gasteiger partial charge in [-0.2, -0.15) is 0 Å². The Kier molecular flexibility index (Phi) is 36.4. The summed E-state index contributed by atoms with van der Waals surface area (Å²) in [7, 11) is 0. The summed E-state index contributed by atoms with van der Waals surface area (Å²) in [5.74, 6) is -0.0346. The number of carbonyl (C=O) groups excluding carboxylic acids is 2. The number of hydrogen-bond donors (Lipinski definition) is 1. The van der Waals surface area contributed by atoms with Crippen molar-refractivity contribution in [2.24, 2.45) is 10.8 Å². The molecule has 0 aromatic rings. The summed E-state index contributed by atoms with van der Waals surface area (Å²) in [5, 5.41) is 9.49. The number of hydrogen-bond acceptors (Lipinski definition) is 6. The van der Waals surface area contributed by atoms with Crippen LogP contribution < -0.4 is 0 Å². The Hall–Kier alpha value is -1.14. The molecule has 0 saturated heterocycles. The average Bonchev–Trinajstić information content (AvgIpc) is 3.14. The van der Waals surface area contributed by atoms with Gasteiger partial charge in [0.2, 0.25) is 0 Å². The van der Waals surface area contributed by atoms with Crippen molar-refractivity contribution in [1.29, 1.82) is 0 Å². The summed E-state index contributed by atoms with van der Waals surface area (Å²) >= 11 is 0. The number of rotatable bonds is 42. The molecule has 0 fully saturated rings. The molecule has 0 aliphatic carbocycles. The van der Waals surface area contributed by atoms with Gasteiger partial charge in [-0.15, -0.1) is 0 Å². The highest BCUT2D eigenvalue weighted by molar-refractivity contribution is 5.75. The van der Waals surface area contributed by atoms with E-state index >= 15 is 0 Å². The van der Waals surface area contributed by atoms with Gasteiger partial charge in [0.05, 0.1) is 18.4 Å². The molecule has 0 heterocycles. The molecule has 328 valence electrons. The third kappa shape index (κ3) is 34.6. The van der Waals surface area contributed by atoms with Crippen LogP contribution in [0, 0.1) is 10.8 Å². The lowest BCUT2D eigenvalue weighted by molar-refractivity contribution is -0.154. The minimum Gasteiger partial charge on any atom is -0.465 e. The van der Waals surface area contributed by atoms with Crippen LogP contribution >= 0.6 is 0 Å². The molecule has 0 aromatic heterocycles. The largest absolute Gasteiger partial charge is 0.465 e. The van der Waals surface area contributed by atoms with E-state index in [4.69, 9.17) is 9.47 Å². The van der Waals surface area contributed by atoms with Crippen molar-refractivity contribution in [3.63, 3.8) is 0 Å². The van der Waals surface area contributed by atoms with Crippen LogP contribution in [0.1, 0.15) is 254 Å². The van der Waals surface area contributed by atoms with Gasteiger partial charge < -0.3 is 19.5 Å². The Bertz CT molecular complexity index is 842. The van der Waals surface area contributed by atoms with Gasteiger partial charge in [0.1, 0.15) is 6.10 Å². The molecule has 0 aliphatic heterocycles. The Morgan fingerprint density at radius 2 is 0.945 bits per heavy atom. The van der Waals surface area contributed by atoms with Crippen LogP contribution in [0.2, 0.25) is 0 Å². The van der Waals surface area contributed by atoms with E-state index in [0.29, 0.717) is 13.0 Å². The second kappa shape index (κ2) is 37.2.